The average molecular weight is 197 g/mol. The fourth-order valence-corrected chi connectivity index (χ4v) is 1.37. The molecule has 0 aromatic heterocycles. The zero-order valence-corrected chi connectivity index (χ0v) is 8.32. The van der Waals surface area contributed by atoms with Crippen molar-refractivity contribution in [3.05, 3.63) is 11.6 Å². The van der Waals surface area contributed by atoms with Gasteiger partial charge >= 0.3 is 5.97 Å². The molecule has 0 bridgehead atoms. The fourth-order valence-electron chi connectivity index (χ4n) is 1.37. The van der Waals surface area contributed by atoms with E-state index in [1.807, 2.05) is 13.0 Å². The Bertz CT molecular complexity index is 271. The van der Waals surface area contributed by atoms with Crippen LogP contribution in [0.1, 0.15) is 26.2 Å². The molecule has 4 heteroatoms. The monoisotopic (exact) mass is 197 g/mol. The highest BCUT2D eigenvalue weighted by molar-refractivity contribution is 5.80. The molecular weight excluding hydrogens is 182 g/mol. The molecule has 0 aliphatic carbocycles. The number of nitrogens with zero attached hydrogens (tertiary/aromatic N) is 1. The largest absolute Gasteiger partial charge is 0.481 e. The molecule has 0 atom stereocenters. The maximum atomic E-state index is 11.4. The molecule has 0 fully saturated rings. The molecular formula is C10H15NO3. The summed E-state index contributed by atoms with van der Waals surface area (Å²) in [6, 6.07) is 0. The van der Waals surface area contributed by atoms with Crippen LogP contribution in [0.25, 0.3) is 0 Å². The second kappa shape index (κ2) is 4.79. The smallest absolute Gasteiger partial charge is 0.303 e. The Morgan fingerprint density at radius 1 is 1.50 bits per heavy atom. The van der Waals surface area contributed by atoms with Gasteiger partial charge in [0.05, 0.1) is 6.42 Å². The number of hydrogen-bond acceptors (Lipinski definition) is 2. The Hall–Kier alpha value is -1.32. The number of carbonyl (C=O) groups is 2. The Balaban J connectivity index is 2.35. The standard InChI is InChI=1S/C10H15NO3/c1-8-4-6-11(7-5-8)9(12)2-3-10(13)14/h4H,2-3,5-7H2,1H3,(H,13,14). The number of aliphatic carboxylic acids is 1. The van der Waals surface area contributed by atoms with Gasteiger partial charge in [-0.15, -0.1) is 0 Å². The Morgan fingerprint density at radius 3 is 2.71 bits per heavy atom. The first kappa shape index (κ1) is 10.8. The van der Waals surface area contributed by atoms with E-state index in [0.717, 1.165) is 13.0 Å². The SMILES string of the molecule is CC1=CCN(C(=O)CCC(=O)O)CC1. The first-order valence-corrected chi connectivity index (χ1v) is 4.75. The van der Waals surface area contributed by atoms with Crippen molar-refractivity contribution < 1.29 is 14.7 Å². The lowest BCUT2D eigenvalue weighted by Gasteiger charge is -2.25. The van der Waals surface area contributed by atoms with Crippen LogP contribution < -0.4 is 0 Å². The highest BCUT2D eigenvalue weighted by Gasteiger charge is 2.16. The van der Waals surface area contributed by atoms with E-state index in [0.29, 0.717) is 6.54 Å². The van der Waals surface area contributed by atoms with Crippen molar-refractivity contribution in [2.75, 3.05) is 13.1 Å². The normalized spacial score (nSPS) is 16.4. The van der Waals surface area contributed by atoms with Crippen molar-refractivity contribution in [1.29, 1.82) is 0 Å². The summed E-state index contributed by atoms with van der Waals surface area (Å²) in [5.74, 6) is -0.974. The molecule has 0 aromatic carbocycles. The molecule has 1 aliphatic rings. The Labute approximate surface area is 83.2 Å². The van der Waals surface area contributed by atoms with E-state index >= 15 is 0 Å². The third-order valence-electron chi connectivity index (χ3n) is 2.34. The number of rotatable bonds is 3. The highest BCUT2D eigenvalue weighted by atomic mass is 16.4. The molecule has 1 rings (SSSR count). The van der Waals surface area contributed by atoms with Gasteiger partial charge in [-0.3, -0.25) is 9.59 Å². The third kappa shape index (κ3) is 3.20. The number of hydrogen-bond donors (Lipinski definition) is 1. The van der Waals surface area contributed by atoms with Crippen LogP contribution in [0.15, 0.2) is 11.6 Å². The van der Waals surface area contributed by atoms with Crippen molar-refractivity contribution in [3.63, 3.8) is 0 Å². The van der Waals surface area contributed by atoms with Crippen LogP contribution >= 0.6 is 0 Å². The van der Waals surface area contributed by atoms with E-state index < -0.39 is 5.97 Å². The van der Waals surface area contributed by atoms with Gasteiger partial charge in [0, 0.05) is 19.5 Å². The highest BCUT2D eigenvalue weighted by Crippen LogP contribution is 2.10. The van der Waals surface area contributed by atoms with E-state index in [-0.39, 0.29) is 18.7 Å². The quantitative estimate of drug-likeness (QED) is 0.687. The lowest BCUT2D eigenvalue weighted by atomic mass is 10.1. The van der Waals surface area contributed by atoms with Crippen LogP contribution in [0, 0.1) is 0 Å². The summed E-state index contributed by atoms with van der Waals surface area (Å²) in [6.07, 6.45) is 2.96. The second-order valence-electron chi connectivity index (χ2n) is 3.53. The molecule has 0 spiro atoms. The maximum absolute atomic E-state index is 11.4. The molecule has 0 radical (unpaired) electrons. The van der Waals surface area contributed by atoms with Gasteiger partial charge in [0.15, 0.2) is 0 Å². The topological polar surface area (TPSA) is 57.6 Å². The van der Waals surface area contributed by atoms with Crippen LogP contribution in [-0.2, 0) is 9.59 Å². The number of amides is 1. The maximum Gasteiger partial charge on any atom is 0.303 e. The summed E-state index contributed by atoms with van der Waals surface area (Å²) >= 11 is 0. The molecule has 1 amide bonds. The molecule has 1 aliphatic heterocycles. The number of carbonyl (C=O) groups excluding carboxylic acids is 1. The molecule has 1 heterocycles. The lowest BCUT2D eigenvalue weighted by molar-refractivity contribution is -0.140. The van der Waals surface area contributed by atoms with Crippen molar-refractivity contribution in [2.24, 2.45) is 0 Å². The molecule has 1 N–H and O–H groups in total. The van der Waals surface area contributed by atoms with Gasteiger partial charge in [-0.1, -0.05) is 11.6 Å². The molecule has 0 unspecified atom stereocenters. The molecule has 78 valence electrons. The first-order valence-electron chi connectivity index (χ1n) is 4.75. The minimum Gasteiger partial charge on any atom is -0.481 e. The van der Waals surface area contributed by atoms with Gasteiger partial charge in [0.2, 0.25) is 5.91 Å². The van der Waals surface area contributed by atoms with Crippen molar-refractivity contribution in [3.8, 4) is 0 Å². The number of carboxylic acids is 1. The van der Waals surface area contributed by atoms with Crippen LogP contribution in [-0.4, -0.2) is 35.0 Å². The van der Waals surface area contributed by atoms with Gasteiger partial charge in [-0.2, -0.15) is 0 Å². The van der Waals surface area contributed by atoms with Crippen molar-refractivity contribution >= 4 is 11.9 Å². The van der Waals surface area contributed by atoms with E-state index in [4.69, 9.17) is 5.11 Å². The Morgan fingerprint density at radius 2 is 2.21 bits per heavy atom. The predicted octanol–water partition coefficient (Wildman–Crippen LogP) is 1.03. The number of carboxylic acid groups (broad SMARTS) is 1. The van der Waals surface area contributed by atoms with Gasteiger partial charge in [0.25, 0.3) is 0 Å². The summed E-state index contributed by atoms with van der Waals surface area (Å²) in [5, 5.41) is 8.42. The molecule has 0 aromatic rings. The van der Waals surface area contributed by atoms with E-state index in [9.17, 15) is 9.59 Å². The third-order valence-corrected chi connectivity index (χ3v) is 2.34. The van der Waals surface area contributed by atoms with Gasteiger partial charge in [-0.05, 0) is 13.3 Å². The zero-order valence-electron chi connectivity index (χ0n) is 8.32. The Kier molecular flexibility index (Phi) is 3.68. The summed E-state index contributed by atoms with van der Waals surface area (Å²) in [7, 11) is 0. The minimum atomic E-state index is -0.915. The lowest BCUT2D eigenvalue weighted by Crippen LogP contribution is -2.34. The second-order valence-corrected chi connectivity index (χ2v) is 3.53. The summed E-state index contributed by atoms with van der Waals surface area (Å²) < 4.78 is 0. The zero-order chi connectivity index (χ0) is 10.6. The molecule has 4 nitrogen and oxygen atoms in total. The van der Waals surface area contributed by atoms with Crippen LogP contribution in [0.4, 0.5) is 0 Å². The predicted molar refractivity (Wildman–Crippen MR) is 51.8 cm³/mol. The van der Waals surface area contributed by atoms with Crippen molar-refractivity contribution in [2.45, 2.75) is 26.2 Å². The van der Waals surface area contributed by atoms with E-state index in [2.05, 4.69) is 0 Å². The van der Waals surface area contributed by atoms with E-state index in [1.165, 1.54) is 5.57 Å². The summed E-state index contributed by atoms with van der Waals surface area (Å²) in [5.41, 5.74) is 1.30. The average Bonchev–Trinajstić information content (AvgIpc) is 2.15. The molecule has 0 saturated carbocycles. The molecule has 14 heavy (non-hydrogen) atoms. The summed E-state index contributed by atoms with van der Waals surface area (Å²) in [6.45, 7) is 3.39. The van der Waals surface area contributed by atoms with Crippen LogP contribution in [0.3, 0.4) is 0 Å². The van der Waals surface area contributed by atoms with E-state index in [1.54, 1.807) is 4.90 Å². The first-order chi connectivity index (χ1) is 6.59. The van der Waals surface area contributed by atoms with Gasteiger partial charge < -0.3 is 10.0 Å². The summed E-state index contributed by atoms with van der Waals surface area (Å²) in [4.78, 5) is 23.4. The van der Waals surface area contributed by atoms with Crippen LogP contribution in [0.5, 0.6) is 0 Å². The fraction of sp³-hybridized carbons (Fsp3) is 0.600. The van der Waals surface area contributed by atoms with Crippen molar-refractivity contribution in [1.82, 2.24) is 4.90 Å². The van der Waals surface area contributed by atoms with Gasteiger partial charge in [-0.25, -0.2) is 0 Å². The van der Waals surface area contributed by atoms with Crippen LogP contribution in [0.2, 0.25) is 0 Å². The minimum absolute atomic E-state index is 0.0591. The molecule has 0 saturated heterocycles. The van der Waals surface area contributed by atoms with Gasteiger partial charge in [0.1, 0.15) is 0 Å².